The van der Waals surface area contributed by atoms with Gasteiger partial charge in [-0.05, 0) is 0 Å². The molecule has 0 heterocycles. The fraction of sp³-hybridized carbons (Fsp3) is 0. The summed E-state index contributed by atoms with van der Waals surface area (Å²) in [6, 6.07) is 0. The molecule has 0 aliphatic rings. The third kappa shape index (κ3) is 21.0. The summed E-state index contributed by atoms with van der Waals surface area (Å²) in [6.07, 6.45) is 0. The standard InChI is InChI=1S/2Al.3BrH.3H/h;;3*1H;;;/q;+3;;;;;;/p-3. The average Bonchev–Trinajstić information content (AvgIpc) is 0.811. The van der Waals surface area contributed by atoms with Crippen molar-refractivity contribution in [1.82, 2.24) is 0 Å². The molecule has 0 rings (SSSR count). The normalized spacial score (nSPS) is 5.40. The van der Waals surface area contributed by atoms with Gasteiger partial charge in [0.25, 0.3) is 0 Å². The van der Waals surface area contributed by atoms with Crippen molar-refractivity contribution in [2.24, 2.45) is 0 Å². The molecule has 0 atom stereocenters. The molecule has 0 aromatic rings. The summed E-state index contributed by atoms with van der Waals surface area (Å²) >= 11 is 9.73. The van der Waals surface area contributed by atoms with E-state index in [9.17, 15) is 0 Å². The Kier molecular flexibility index (Phi) is 13.6. The van der Waals surface area contributed by atoms with Crippen LogP contribution in [-0.2, 0) is 0 Å². The van der Waals surface area contributed by atoms with Gasteiger partial charge in [0, 0.05) is 0 Å². The molecule has 0 amide bonds. The smallest absolute Gasteiger partial charge is 0.181 e. The summed E-state index contributed by atoms with van der Waals surface area (Å²) in [5.41, 5.74) is 0. The molecule has 0 N–H and O–H groups in total. The Bertz CT molecular complexity index is 9.61. The van der Waals surface area contributed by atoms with Gasteiger partial charge in [-0.25, -0.2) is 0 Å². The molecule has 0 fully saturated rings. The molecular weight excluding hydrogens is 294 g/mol. The second kappa shape index (κ2) is 6.50. The summed E-state index contributed by atoms with van der Waals surface area (Å²) in [7, 11) is -0.701. The maximum absolute atomic E-state index is 3.24. The van der Waals surface area contributed by atoms with Crippen LogP contribution in [0.4, 0.5) is 0 Å². The molecule has 0 saturated carbocycles. The van der Waals surface area contributed by atoms with Crippen LogP contribution < -0.4 is 0 Å². The van der Waals surface area contributed by atoms with Gasteiger partial charge >= 0.3 is 8.67 Å². The molecular formula is H3Al2Br3. The summed E-state index contributed by atoms with van der Waals surface area (Å²) in [5, 5.41) is 0. The highest BCUT2D eigenvalue weighted by molar-refractivity contribution is 9.69. The number of halogens is 3. The van der Waals surface area contributed by atoms with Gasteiger partial charge in [0.1, 0.15) is 0 Å². The lowest BCUT2D eigenvalue weighted by Gasteiger charge is -1.59. The minimum absolute atomic E-state index is 0. The Balaban J connectivity index is 0. The maximum Gasteiger partial charge on any atom is 0.542 e. The number of hydrogen-bond donors (Lipinski definition) is 0. The van der Waals surface area contributed by atoms with Crippen molar-refractivity contribution < 1.29 is 0 Å². The molecule has 0 unspecified atom stereocenters. The number of rotatable bonds is 0. The van der Waals surface area contributed by atoms with E-state index < -0.39 is 8.67 Å². The minimum Gasteiger partial charge on any atom is -0.181 e. The molecule has 0 aliphatic heterocycles. The Morgan fingerprint density at radius 1 is 1.00 bits per heavy atom. The number of hydrogen-bond acceptors (Lipinski definition) is 0. The van der Waals surface area contributed by atoms with E-state index >= 15 is 0 Å². The van der Waals surface area contributed by atoms with Crippen molar-refractivity contribution >= 4 is 68.2 Å². The Morgan fingerprint density at radius 3 is 1.00 bits per heavy atom. The van der Waals surface area contributed by atoms with Crippen LogP contribution in [-0.4, -0.2) is 26.0 Å². The first kappa shape index (κ1) is 10.5. The van der Waals surface area contributed by atoms with Gasteiger partial charge in [0.15, 0.2) is 17.4 Å². The van der Waals surface area contributed by atoms with Gasteiger partial charge in [-0.1, -0.05) is 0 Å². The molecule has 0 spiro atoms. The van der Waals surface area contributed by atoms with Crippen molar-refractivity contribution in [3.63, 3.8) is 0 Å². The first-order chi connectivity index (χ1) is 1.73. The Labute approximate surface area is 67.2 Å². The van der Waals surface area contributed by atoms with Crippen LogP contribution in [0.15, 0.2) is 0 Å². The summed E-state index contributed by atoms with van der Waals surface area (Å²) in [6.45, 7) is 0. The molecule has 0 radical (unpaired) electrons. The van der Waals surface area contributed by atoms with Crippen molar-refractivity contribution in [3.05, 3.63) is 0 Å². The average molecular weight is 297 g/mol. The molecule has 0 aromatic carbocycles. The van der Waals surface area contributed by atoms with Gasteiger partial charge in [-0.2, -0.15) is 42.2 Å². The zero-order valence-corrected chi connectivity index (χ0v) is 7.62. The SMILES string of the molecule is [AlH3].[Br][Al]([Br])[Br]. The third-order valence-electron chi connectivity index (χ3n) is 0. The van der Waals surface area contributed by atoms with Crippen LogP contribution in [0.2, 0.25) is 0 Å². The van der Waals surface area contributed by atoms with E-state index in [1.54, 1.807) is 0 Å². The largest absolute Gasteiger partial charge is 0.542 e. The predicted molar refractivity (Wildman–Crippen MR) is 42.5 cm³/mol. The second-order valence-electron chi connectivity index (χ2n) is 0.247. The van der Waals surface area contributed by atoms with Gasteiger partial charge < -0.3 is 0 Å². The van der Waals surface area contributed by atoms with Crippen molar-refractivity contribution in [2.75, 3.05) is 0 Å². The maximum atomic E-state index is 3.24. The van der Waals surface area contributed by atoms with E-state index in [1.165, 1.54) is 0 Å². The molecule has 0 bridgehead atoms. The van der Waals surface area contributed by atoms with E-state index in [2.05, 4.69) is 42.2 Å². The summed E-state index contributed by atoms with van der Waals surface area (Å²) in [4.78, 5) is 0. The fourth-order valence-corrected chi connectivity index (χ4v) is 0. The lowest BCUT2D eigenvalue weighted by molar-refractivity contribution is 4.99. The highest BCUT2D eigenvalue weighted by Crippen LogP contribution is 2.07. The van der Waals surface area contributed by atoms with Crippen LogP contribution in [0.25, 0.3) is 0 Å². The summed E-state index contributed by atoms with van der Waals surface area (Å²) in [5.74, 6) is 0. The lowest BCUT2D eigenvalue weighted by atomic mass is 26.9. The van der Waals surface area contributed by atoms with Crippen LogP contribution in [0.3, 0.4) is 0 Å². The first-order valence-corrected chi connectivity index (χ1v) is 10.2. The van der Waals surface area contributed by atoms with Crippen molar-refractivity contribution in [1.29, 1.82) is 0 Å². The highest BCUT2D eigenvalue weighted by Gasteiger charge is 1.95. The van der Waals surface area contributed by atoms with Crippen LogP contribution in [0.1, 0.15) is 0 Å². The van der Waals surface area contributed by atoms with E-state index in [1.807, 2.05) is 0 Å². The van der Waals surface area contributed by atoms with Gasteiger partial charge in [0.05, 0.1) is 0 Å². The molecule has 30 valence electrons. The van der Waals surface area contributed by atoms with E-state index in [0.29, 0.717) is 0 Å². The molecule has 5 heteroatoms. The van der Waals surface area contributed by atoms with Crippen molar-refractivity contribution in [2.45, 2.75) is 0 Å². The van der Waals surface area contributed by atoms with Gasteiger partial charge in [-0.3, -0.25) is 0 Å². The van der Waals surface area contributed by atoms with Gasteiger partial charge in [-0.15, -0.1) is 0 Å². The Morgan fingerprint density at radius 2 is 1.00 bits per heavy atom. The van der Waals surface area contributed by atoms with E-state index in [4.69, 9.17) is 0 Å². The topological polar surface area (TPSA) is 0 Å². The molecule has 0 nitrogen and oxygen atoms in total. The lowest BCUT2D eigenvalue weighted by Crippen LogP contribution is -1.60. The van der Waals surface area contributed by atoms with E-state index in [-0.39, 0.29) is 17.4 Å². The van der Waals surface area contributed by atoms with Crippen LogP contribution >= 0.6 is 42.2 Å². The van der Waals surface area contributed by atoms with Crippen molar-refractivity contribution in [3.8, 4) is 0 Å². The zero-order chi connectivity index (χ0) is 3.58. The highest BCUT2D eigenvalue weighted by atomic mass is 80.0. The fourth-order valence-electron chi connectivity index (χ4n) is 0. The zero-order valence-electron chi connectivity index (χ0n) is 1.71. The van der Waals surface area contributed by atoms with E-state index in [0.717, 1.165) is 0 Å². The second-order valence-corrected chi connectivity index (χ2v) is 20.0. The predicted octanol–water partition coefficient (Wildman–Crippen LogP) is 0.972. The molecule has 0 aromatic heterocycles. The van der Waals surface area contributed by atoms with Crippen LogP contribution in [0, 0.1) is 0 Å². The van der Waals surface area contributed by atoms with Crippen LogP contribution in [0.5, 0.6) is 0 Å². The molecule has 0 saturated heterocycles. The quantitative estimate of drug-likeness (QED) is 0.585. The third-order valence-corrected chi connectivity index (χ3v) is 0. The first-order valence-electron chi connectivity index (χ1n) is 0.655. The monoisotopic (exact) mass is 294 g/mol. The minimum atomic E-state index is -0.701. The Hall–Kier alpha value is 2.50. The molecule has 5 heavy (non-hydrogen) atoms. The van der Waals surface area contributed by atoms with Gasteiger partial charge in [0.2, 0.25) is 0 Å². The summed E-state index contributed by atoms with van der Waals surface area (Å²) < 4.78 is 0. The molecule has 0 aliphatic carbocycles.